The van der Waals surface area contributed by atoms with E-state index in [9.17, 15) is 9.59 Å². The zero-order valence-electron chi connectivity index (χ0n) is 16.6. The van der Waals surface area contributed by atoms with Crippen molar-refractivity contribution in [2.45, 2.75) is 39.2 Å². The highest BCUT2D eigenvalue weighted by molar-refractivity contribution is 5.79. The van der Waals surface area contributed by atoms with Gasteiger partial charge in [0, 0.05) is 19.1 Å². The second kappa shape index (κ2) is 9.40. The van der Waals surface area contributed by atoms with Gasteiger partial charge in [-0.25, -0.2) is 0 Å². The van der Waals surface area contributed by atoms with Crippen LogP contribution in [0.5, 0.6) is 5.75 Å². The first-order valence-electron chi connectivity index (χ1n) is 9.82. The second-order valence-electron chi connectivity index (χ2n) is 7.42. The molecule has 1 aliphatic rings. The molecular weight excluding hydrogens is 352 g/mol. The molecule has 0 saturated carbocycles. The standard InChI is InChI=1S/C23H28N2O3/c1-17-8-9-21(14-18(17)2)28-16-22(26)24-20-10-12-25(13-11-20)23(27)15-19-6-4-3-5-7-19/h3-9,14,20H,10-13,15-16H2,1-2H3,(H,24,26). The number of carbonyl (C=O) groups is 2. The molecule has 1 aliphatic heterocycles. The quantitative estimate of drug-likeness (QED) is 0.838. The van der Waals surface area contributed by atoms with Gasteiger partial charge in [0.2, 0.25) is 5.91 Å². The summed E-state index contributed by atoms with van der Waals surface area (Å²) in [6, 6.07) is 15.7. The number of aryl methyl sites for hydroxylation is 2. The molecule has 5 heteroatoms. The maximum Gasteiger partial charge on any atom is 0.258 e. The van der Waals surface area contributed by atoms with Crippen LogP contribution < -0.4 is 10.1 Å². The zero-order valence-corrected chi connectivity index (χ0v) is 16.6. The highest BCUT2D eigenvalue weighted by Crippen LogP contribution is 2.16. The fourth-order valence-electron chi connectivity index (χ4n) is 3.38. The molecule has 1 N–H and O–H groups in total. The Kier molecular flexibility index (Phi) is 6.69. The van der Waals surface area contributed by atoms with Gasteiger partial charge in [-0.05, 0) is 55.5 Å². The largest absolute Gasteiger partial charge is 0.484 e. The first-order valence-corrected chi connectivity index (χ1v) is 9.82. The fourth-order valence-corrected chi connectivity index (χ4v) is 3.38. The van der Waals surface area contributed by atoms with Crippen LogP contribution in [-0.4, -0.2) is 42.5 Å². The van der Waals surface area contributed by atoms with Crippen LogP contribution >= 0.6 is 0 Å². The average molecular weight is 380 g/mol. The number of amides is 2. The van der Waals surface area contributed by atoms with Gasteiger partial charge in [0.1, 0.15) is 5.75 Å². The van der Waals surface area contributed by atoms with E-state index in [0.29, 0.717) is 25.3 Å². The molecule has 2 amide bonds. The number of benzene rings is 2. The molecule has 0 bridgehead atoms. The third kappa shape index (κ3) is 5.59. The van der Waals surface area contributed by atoms with Crippen LogP contribution in [0.2, 0.25) is 0 Å². The fraction of sp³-hybridized carbons (Fsp3) is 0.391. The number of hydrogen-bond acceptors (Lipinski definition) is 3. The lowest BCUT2D eigenvalue weighted by atomic mass is 10.0. The summed E-state index contributed by atoms with van der Waals surface area (Å²) < 4.78 is 5.59. The number of rotatable bonds is 6. The normalized spacial score (nSPS) is 14.6. The third-order valence-corrected chi connectivity index (χ3v) is 5.26. The molecule has 0 aromatic heterocycles. The van der Waals surface area contributed by atoms with Crippen molar-refractivity contribution in [3.05, 3.63) is 65.2 Å². The number of ether oxygens (including phenoxy) is 1. The summed E-state index contributed by atoms with van der Waals surface area (Å²) in [4.78, 5) is 26.5. The van der Waals surface area contributed by atoms with Crippen molar-refractivity contribution < 1.29 is 14.3 Å². The van der Waals surface area contributed by atoms with E-state index < -0.39 is 0 Å². The van der Waals surface area contributed by atoms with Gasteiger partial charge in [0.05, 0.1) is 6.42 Å². The molecule has 0 unspecified atom stereocenters. The number of piperidine rings is 1. The summed E-state index contributed by atoms with van der Waals surface area (Å²) >= 11 is 0. The predicted molar refractivity (Wildman–Crippen MR) is 109 cm³/mol. The van der Waals surface area contributed by atoms with E-state index in [4.69, 9.17) is 4.74 Å². The van der Waals surface area contributed by atoms with E-state index >= 15 is 0 Å². The lowest BCUT2D eigenvalue weighted by Crippen LogP contribution is -2.47. The van der Waals surface area contributed by atoms with E-state index in [1.54, 1.807) is 0 Å². The molecule has 1 saturated heterocycles. The van der Waals surface area contributed by atoms with Crippen LogP contribution in [0.25, 0.3) is 0 Å². The zero-order chi connectivity index (χ0) is 19.9. The van der Waals surface area contributed by atoms with Gasteiger partial charge >= 0.3 is 0 Å². The topological polar surface area (TPSA) is 58.6 Å². The van der Waals surface area contributed by atoms with Crippen molar-refractivity contribution in [1.29, 1.82) is 0 Å². The Bertz CT molecular complexity index is 812. The molecule has 148 valence electrons. The van der Waals surface area contributed by atoms with Crippen LogP contribution in [0.4, 0.5) is 0 Å². The van der Waals surface area contributed by atoms with Gasteiger partial charge in [0.15, 0.2) is 6.61 Å². The summed E-state index contributed by atoms with van der Waals surface area (Å²) in [5.74, 6) is 0.737. The molecule has 0 spiro atoms. The van der Waals surface area contributed by atoms with E-state index in [1.807, 2.05) is 67.3 Å². The number of nitrogens with zero attached hydrogens (tertiary/aromatic N) is 1. The molecule has 0 radical (unpaired) electrons. The molecular formula is C23H28N2O3. The van der Waals surface area contributed by atoms with Crippen molar-refractivity contribution in [2.75, 3.05) is 19.7 Å². The molecule has 28 heavy (non-hydrogen) atoms. The average Bonchev–Trinajstić information content (AvgIpc) is 2.70. The molecule has 1 heterocycles. The molecule has 5 nitrogen and oxygen atoms in total. The Morgan fingerprint density at radius 3 is 2.43 bits per heavy atom. The SMILES string of the molecule is Cc1ccc(OCC(=O)NC2CCN(C(=O)Cc3ccccc3)CC2)cc1C. The molecule has 2 aromatic rings. The number of hydrogen-bond donors (Lipinski definition) is 1. The molecule has 0 aliphatic carbocycles. The number of carbonyl (C=O) groups excluding carboxylic acids is 2. The van der Waals surface area contributed by atoms with Crippen LogP contribution in [0.3, 0.4) is 0 Å². The maximum atomic E-state index is 12.4. The van der Waals surface area contributed by atoms with Gasteiger partial charge < -0.3 is 15.0 Å². The Morgan fingerprint density at radius 2 is 1.75 bits per heavy atom. The Balaban J connectivity index is 1.39. The first kappa shape index (κ1) is 19.9. The second-order valence-corrected chi connectivity index (χ2v) is 7.42. The van der Waals surface area contributed by atoms with Crippen LogP contribution in [0, 0.1) is 13.8 Å². The minimum Gasteiger partial charge on any atom is -0.484 e. The maximum absolute atomic E-state index is 12.4. The van der Waals surface area contributed by atoms with Crippen molar-refractivity contribution >= 4 is 11.8 Å². The molecule has 2 aromatic carbocycles. The molecule has 3 rings (SSSR count). The van der Waals surface area contributed by atoms with Crippen LogP contribution in [0.1, 0.15) is 29.5 Å². The first-order chi connectivity index (χ1) is 13.5. The third-order valence-electron chi connectivity index (χ3n) is 5.26. The molecule has 1 fully saturated rings. The lowest BCUT2D eigenvalue weighted by molar-refractivity contribution is -0.131. The minimum atomic E-state index is -0.118. The van der Waals surface area contributed by atoms with Gasteiger partial charge in [-0.15, -0.1) is 0 Å². The number of nitrogens with one attached hydrogen (secondary N) is 1. The summed E-state index contributed by atoms with van der Waals surface area (Å²) in [7, 11) is 0. The highest BCUT2D eigenvalue weighted by Gasteiger charge is 2.23. The minimum absolute atomic E-state index is 0.00958. The van der Waals surface area contributed by atoms with Crippen molar-refractivity contribution in [3.8, 4) is 5.75 Å². The monoisotopic (exact) mass is 380 g/mol. The summed E-state index contributed by atoms with van der Waals surface area (Å²) in [6.07, 6.45) is 1.98. The van der Waals surface area contributed by atoms with E-state index in [0.717, 1.165) is 24.0 Å². The van der Waals surface area contributed by atoms with Gasteiger partial charge in [-0.2, -0.15) is 0 Å². The van der Waals surface area contributed by atoms with Crippen LogP contribution in [0.15, 0.2) is 48.5 Å². The molecule has 0 atom stereocenters. The summed E-state index contributed by atoms with van der Waals surface area (Å²) in [6.45, 7) is 5.43. The van der Waals surface area contributed by atoms with Gasteiger partial charge in [0.25, 0.3) is 5.91 Å². The van der Waals surface area contributed by atoms with Gasteiger partial charge in [-0.3, -0.25) is 9.59 Å². The Labute approximate surface area is 166 Å². The van der Waals surface area contributed by atoms with E-state index in [2.05, 4.69) is 5.32 Å². The Hall–Kier alpha value is -2.82. The van der Waals surface area contributed by atoms with Crippen molar-refractivity contribution in [2.24, 2.45) is 0 Å². The number of likely N-dealkylation sites (tertiary alicyclic amines) is 1. The predicted octanol–water partition coefficient (Wildman–Crippen LogP) is 3.03. The van der Waals surface area contributed by atoms with E-state index in [-0.39, 0.29) is 24.5 Å². The van der Waals surface area contributed by atoms with Gasteiger partial charge in [-0.1, -0.05) is 36.4 Å². The van der Waals surface area contributed by atoms with E-state index in [1.165, 1.54) is 5.56 Å². The Morgan fingerprint density at radius 1 is 1.04 bits per heavy atom. The highest BCUT2D eigenvalue weighted by atomic mass is 16.5. The van der Waals surface area contributed by atoms with Crippen LogP contribution in [-0.2, 0) is 16.0 Å². The summed E-state index contributed by atoms with van der Waals surface area (Å²) in [5, 5.41) is 3.02. The van der Waals surface area contributed by atoms with Crippen molar-refractivity contribution in [3.63, 3.8) is 0 Å². The smallest absolute Gasteiger partial charge is 0.258 e. The van der Waals surface area contributed by atoms with Crippen molar-refractivity contribution in [1.82, 2.24) is 10.2 Å². The lowest BCUT2D eigenvalue weighted by Gasteiger charge is -2.32. The summed E-state index contributed by atoms with van der Waals surface area (Å²) in [5.41, 5.74) is 3.38.